The minimum atomic E-state index is 0.650. The van der Waals surface area contributed by atoms with Gasteiger partial charge in [0.15, 0.2) is 0 Å². The number of hydrogen-bond acceptors (Lipinski definition) is 4. The molecule has 0 spiro atoms. The van der Waals surface area contributed by atoms with Gasteiger partial charge in [0.05, 0.1) is 0 Å². The molecule has 0 saturated carbocycles. The summed E-state index contributed by atoms with van der Waals surface area (Å²) in [4.78, 5) is 9.48. The van der Waals surface area contributed by atoms with E-state index in [0.29, 0.717) is 6.04 Å². The largest absolute Gasteiger partial charge is 0.354 e. The topological polar surface area (TPSA) is 31.4 Å². The third-order valence-corrected chi connectivity index (χ3v) is 3.96. The number of rotatable bonds is 5. The molecule has 1 unspecified atom stereocenters. The molecule has 4 nitrogen and oxygen atoms in total. The van der Waals surface area contributed by atoms with E-state index in [1.807, 2.05) is 6.20 Å². The van der Waals surface area contributed by atoms with Crippen molar-refractivity contribution in [2.75, 3.05) is 38.1 Å². The molecule has 1 atom stereocenters. The van der Waals surface area contributed by atoms with Gasteiger partial charge in [0.1, 0.15) is 5.82 Å². The molecule has 1 N–H and O–H groups in total. The number of likely N-dealkylation sites (N-methyl/N-ethyl adjacent to an activating group) is 1. The van der Waals surface area contributed by atoms with Gasteiger partial charge < -0.3 is 10.2 Å². The summed E-state index contributed by atoms with van der Waals surface area (Å²) in [5.74, 6) is 1.12. The molecule has 106 valence electrons. The molecular weight excluding hydrogens is 236 g/mol. The summed E-state index contributed by atoms with van der Waals surface area (Å²) in [7, 11) is 2.22. The van der Waals surface area contributed by atoms with Crippen LogP contribution in [0.4, 0.5) is 5.82 Å². The average molecular weight is 262 g/mol. The highest BCUT2D eigenvalue weighted by atomic mass is 15.3. The van der Waals surface area contributed by atoms with E-state index in [1.54, 1.807) is 0 Å². The van der Waals surface area contributed by atoms with Crippen LogP contribution >= 0.6 is 0 Å². The highest BCUT2D eigenvalue weighted by Crippen LogP contribution is 2.17. The van der Waals surface area contributed by atoms with E-state index in [-0.39, 0.29) is 0 Å². The zero-order valence-electron chi connectivity index (χ0n) is 12.4. The molecule has 0 radical (unpaired) electrons. The Kier molecular flexibility index (Phi) is 5.16. The fourth-order valence-corrected chi connectivity index (χ4v) is 2.57. The minimum Gasteiger partial charge on any atom is -0.354 e. The van der Waals surface area contributed by atoms with Crippen LogP contribution in [-0.2, 0) is 6.54 Å². The van der Waals surface area contributed by atoms with Crippen molar-refractivity contribution in [3.05, 3.63) is 23.9 Å². The summed E-state index contributed by atoms with van der Waals surface area (Å²) in [6, 6.07) is 4.99. The SMILES string of the molecule is CCNCc1ccc(N2CCN(C)C(CC)C2)nc1. The monoisotopic (exact) mass is 262 g/mol. The third-order valence-electron chi connectivity index (χ3n) is 3.96. The Bertz CT molecular complexity index is 376. The molecule has 1 aromatic rings. The molecule has 4 heteroatoms. The lowest BCUT2D eigenvalue weighted by atomic mass is 10.1. The lowest BCUT2D eigenvalue weighted by molar-refractivity contribution is 0.213. The Morgan fingerprint density at radius 2 is 2.16 bits per heavy atom. The lowest BCUT2D eigenvalue weighted by Gasteiger charge is -2.39. The smallest absolute Gasteiger partial charge is 0.128 e. The highest BCUT2D eigenvalue weighted by molar-refractivity contribution is 5.40. The van der Waals surface area contributed by atoms with Crippen LogP contribution in [0.1, 0.15) is 25.8 Å². The van der Waals surface area contributed by atoms with Crippen molar-refractivity contribution in [1.82, 2.24) is 15.2 Å². The Labute approximate surface area is 116 Å². The molecule has 0 amide bonds. The number of nitrogens with zero attached hydrogens (tertiary/aromatic N) is 3. The van der Waals surface area contributed by atoms with E-state index >= 15 is 0 Å². The van der Waals surface area contributed by atoms with Crippen molar-refractivity contribution < 1.29 is 0 Å². The minimum absolute atomic E-state index is 0.650. The number of anilines is 1. The zero-order chi connectivity index (χ0) is 13.7. The number of pyridine rings is 1. The standard InChI is InChI=1S/C15H26N4/c1-4-14-12-19(9-8-18(14)3)15-7-6-13(11-17-15)10-16-5-2/h6-7,11,14,16H,4-5,8-10,12H2,1-3H3. The van der Waals surface area contributed by atoms with E-state index in [0.717, 1.165) is 38.5 Å². The third kappa shape index (κ3) is 3.67. The number of piperazine rings is 1. The fourth-order valence-electron chi connectivity index (χ4n) is 2.57. The first-order valence-electron chi connectivity index (χ1n) is 7.35. The number of aromatic nitrogens is 1. The maximum Gasteiger partial charge on any atom is 0.128 e. The van der Waals surface area contributed by atoms with Crippen molar-refractivity contribution in [3.8, 4) is 0 Å². The van der Waals surface area contributed by atoms with Gasteiger partial charge in [-0.25, -0.2) is 4.98 Å². The van der Waals surface area contributed by atoms with Crippen LogP contribution in [0.2, 0.25) is 0 Å². The van der Waals surface area contributed by atoms with E-state index < -0.39 is 0 Å². The van der Waals surface area contributed by atoms with Crippen LogP contribution < -0.4 is 10.2 Å². The first kappa shape index (κ1) is 14.3. The van der Waals surface area contributed by atoms with Gasteiger partial charge in [0.2, 0.25) is 0 Å². The number of hydrogen-bond donors (Lipinski definition) is 1. The molecule has 0 bridgehead atoms. The van der Waals surface area contributed by atoms with Gasteiger partial charge in [-0.3, -0.25) is 4.90 Å². The molecule has 0 aliphatic carbocycles. The molecule has 2 heterocycles. The van der Waals surface area contributed by atoms with Crippen LogP contribution in [-0.4, -0.2) is 49.2 Å². The molecule has 1 fully saturated rings. The van der Waals surface area contributed by atoms with Crippen LogP contribution in [0, 0.1) is 0 Å². The quantitative estimate of drug-likeness (QED) is 0.875. The second-order valence-corrected chi connectivity index (χ2v) is 5.29. The normalized spacial score (nSPS) is 20.8. The van der Waals surface area contributed by atoms with Crippen molar-refractivity contribution >= 4 is 5.82 Å². The molecule has 1 aromatic heterocycles. The molecule has 19 heavy (non-hydrogen) atoms. The summed E-state index contributed by atoms with van der Waals surface area (Å²) in [6.07, 6.45) is 3.20. The summed E-state index contributed by atoms with van der Waals surface area (Å²) in [5, 5.41) is 3.33. The van der Waals surface area contributed by atoms with Gasteiger partial charge in [-0.05, 0) is 31.6 Å². The molecular formula is C15H26N4. The summed E-state index contributed by atoms with van der Waals surface area (Å²) in [6.45, 7) is 9.58. The van der Waals surface area contributed by atoms with Crippen molar-refractivity contribution in [1.29, 1.82) is 0 Å². The average Bonchev–Trinajstić information content (AvgIpc) is 2.46. The molecule has 1 aliphatic heterocycles. The molecule has 1 aliphatic rings. The van der Waals surface area contributed by atoms with E-state index in [4.69, 9.17) is 0 Å². The van der Waals surface area contributed by atoms with E-state index in [9.17, 15) is 0 Å². The highest BCUT2D eigenvalue weighted by Gasteiger charge is 2.23. The Hall–Kier alpha value is -1.13. The van der Waals surface area contributed by atoms with Gasteiger partial charge in [0.25, 0.3) is 0 Å². The Balaban J connectivity index is 1.98. The Morgan fingerprint density at radius 3 is 2.79 bits per heavy atom. The van der Waals surface area contributed by atoms with E-state index in [2.05, 4.69) is 53.1 Å². The predicted octanol–water partition coefficient (Wildman–Crippen LogP) is 1.72. The first-order valence-corrected chi connectivity index (χ1v) is 7.35. The van der Waals surface area contributed by atoms with Crippen molar-refractivity contribution in [3.63, 3.8) is 0 Å². The van der Waals surface area contributed by atoms with Gasteiger partial charge in [-0.1, -0.05) is 19.9 Å². The van der Waals surface area contributed by atoms with Gasteiger partial charge in [0, 0.05) is 38.4 Å². The first-order chi connectivity index (χ1) is 9.24. The number of nitrogens with one attached hydrogen (secondary N) is 1. The van der Waals surface area contributed by atoms with Gasteiger partial charge in [-0.2, -0.15) is 0 Å². The fraction of sp³-hybridized carbons (Fsp3) is 0.667. The zero-order valence-corrected chi connectivity index (χ0v) is 12.4. The maximum atomic E-state index is 4.62. The van der Waals surface area contributed by atoms with Crippen LogP contribution in [0.25, 0.3) is 0 Å². The molecule has 0 aromatic carbocycles. The predicted molar refractivity (Wildman–Crippen MR) is 80.5 cm³/mol. The molecule has 2 rings (SSSR count). The Morgan fingerprint density at radius 1 is 1.32 bits per heavy atom. The summed E-state index contributed by atoms with van der Waals surface area (Å²) < 4.78 is 0. The van der Waals surface area contributed by atoms with Crippen molar-refractivity contribution in [2.24, 2.45) is 0 Å². The molecule has 1 saturated heterocycles. The second-order valence-electron chi connectivity index (χ2n) is 5.29. The lowest BCUT2D eigenvalue weighted by Crippen LogP contribution is -2.51. The maximum absolute atomic E-state index is 4.62. The van der Waals surface area contributed by atoms with Gasteiger partial charge in [-0.15, -0.1) is 0 Å². The van der Waals surface area contributed by atoms with Crippen LogP contribution in [0.5, 0.6) is 0 Å². The summed E-state index contributed by atoms with van der Waals surface area (Å²) >= 11 is 0. The van der Waals surface area contributed by atoms with Crippen molar-refractivity contribution in [2.45, 2.75) is 32.9 Å². The van der Waals surface area contributed by atoms with Crippen LogP contribution in [0.3, 0.4) is 0 Å². The van der Waals surface area contributed by atoms with E-state index in [1.165, 1.54) is 12.0 Å². The summed E-state index contributed by atoms with van der Waals surface area (Å²) in [5.41, 5.74) is 1.26. The second kappa shape index (κ2) is 6.87. The van der Waals surface area contributed by atoms with Gasteiger partial charge >= 0.3 is 0 Å². The van der Waals surface area contributed by atoms with Crippen LogP contribution in [0.15, 0.2) is 18.3 Å².